The standard InChI is InChI=1S/C15H15F2NO2/c1-10(13-7-2-3-8-14(13)19)18-11-5-4-6-12(9-11)20-15(16)17/h2-10,15,18-19H,1H3. The van der Waals surface area contributed by atoms with E-state index >= 15 is 0 Å². The lowest BCUT2D eigenvalue weighted by molar-refractivity contribution is -0.0498. The van der Waals surface area contributed by atoms with E-state index in [2.05, 4.69) is 10.1 Å². The number of hydrogen-bond acceptors (Lipinski definition) is 3. The molecule has 0 heterocycles. The molecule has 3 nitrogen and oxygen atoms in total. The number of halogens is 2. The highest BCUT2D eigenvalue weighted by molar-refractivity contribution is 5.51. The molecule has 20 heavy (non-hydrogen) atoms. The molecule has 2 aromatic carbocycles. The molecule has 0 radical (unpaired) electrons. The third-order valence-corrected chi connectivity index (χ3v) is 2.85. The van der Waals surface area contributed by atoms with Crippen molar-refractivity contribution in [2.24, 2.45) is 0 Å². The van der Waals surface area contributed by atoms with Gasteiger partial charge in [-0.1, -0.05) is 24.3 Å². The highest BCUT2D eigenvalue weighted by atomic mass is 19.3. The Morgan fingerprint density at radius 1 is 1.10 bits per heavy atom. The molecule has 0 bridgehead atoms. The zero-order valence-electron chi connectivity index (χ0n) is 10.9. The average Bonchev–Trinajstić information content (AvgIpc) is 2.38. The quantitative estimate of drug-likeness (QED) is 0.863. The second-order valence-electron chi connectivity index (χ2n) is 4.33. The third kappa shape index (κ3) is 3.60. The smallest absolute Gasteiger partial charge is 0.387 e. The van der Waals surface area contributed by atoms with Gasteiger partial charge in [0.1, 0.15) is 11.5 Å². The van der Waals surface area contributed by atoms with E-state index in [4.69, 9.17) is 0 Å². The fourth-order valence-corrected chi connectivity index (χ4v) is 1.94. The van der Waals surface area contributed by atoms with Crippen LogP contribution in [0.1, 0.15) is 18.5 Å². The summed E-state index contributed by atoms with van der Waals surface area (Å²) in [6.07, 6.45) is 0. The van der Waals surface area contributed by atoms with Crippen LogP contribution in [0.5, 0.6) is 11.5 Å². The summed E-state index contributed by atoms with van der Waals surface area (Å²) in [7, 11) is 0. The summed E-state index contributed by atoms with van der Waals surface area (Å²) in [5, 5.41) is 12.9. The number of aromatic hydroxyl groups is 1. The van der Waals surface area contributed by atoms with Gasteiger partial charge in [-0.2, -0.15) is 8.78 Å². The maximum Gasteiger partial charge on any atom is 0.387 e. The molecule has 0 aromatic heterocycles. The SMILES string of the molecule is CC(Nc1cccc(OC(F)F)c1)c1ccccc1O. The lowest BCUT2D eigenvalue weighted by Gasteiger charge is -2.17. The van der Waals surface area contributed by atoms with E-state index in [1.54, 1.807) is 30.3 Å². The highest BCUT2D eigenvalue weighted by Crippen LogP contribution is 2.28. The molecular formula is C15H15F2NO2. The van der Waals surface area contributed by atoms with Crippen molar-refractivity contribution in [3.8, 4) is 11.5 Å². The van der Waals surface area contributed by atoms with Crippen LogP contribution in [-0.2, 0) is 0 Å². The fourth-order valence-electron chi connectivity index (χ4n) is 1.94. The molecule has 0 fully saturated rings. The van der Waals surface area contributed by atoms with Gasteiger partial charge in [-0.05, 0) is 25.1 Å². The highest BCUT2D eigenvalue weighted by Gasteiger charge is 2.10. The second-order valence-corrected chi connectivity index (χ2v) is 4.33. The van der Waals surface area contributed by atoms with Crippen LogP contribution in [0.15, 0.2) is 48.5 Å². The predicted molar refractivity (Wildman–Crippen MR) is 73.2 cm³/mol. The van der Waals surface area contributed by atoms with Crippen LogP contribution in [-0.4, -0.2) is 11.7 Å². The molecular weight excluding hydrogens is 264 g/mol. The Morgan fingerprint density at radius 3 is 2.55 bits per heavy atom. The summed E-state index contributed by atoms with van der Waals surface area (Å²) in [5.74, 6) is 0.280. The number of ether oxygens (including phenoxy) is 1. The first-order valence-electron chi connectivity index (χ1n) is 6.15. The van der Waals surface area contributed by atoms with E-state index in [-0.39, 0.29) is 17.5 Å². The number of benzene rings is 2. The molecule has 0 aliphatic rings. The first-order valence-corrected chi connectivity index (χ1v) is 6.15. The molecule has 1 unspecified atom stereocenters. The van der Waals surface area contributed by atoms with Gasteiger partial charge < -0.3 is 15.2 Å². The zero-order chi connectivity index (χ0) is 14.5. The van der Waals surface area contributed by atoms with Gasteiger partial charge in [0.15, 0.2) is 0 Å². The van der Waals surface area contributed by atoms with Gasteiger partial charge in [-0.25, -0.2) is 0 Å². The summed E-state index contributed by atoms with van der Waals surface area (Å²) >= 11 is 0. The van der Waals surface area contributed by atoms with E-state index in [9.17, 15) is 13.9 Å². The Morgan fingerprint density at radius 2 is 1.85 bits per heavy atom. The molecule has 5 heteroatoms. The summed E-state index contributed by atoms with van der Waals surface area (Å²) in [6.45, 7) is -0.976. The number of anilines is 1. The van der Waals surface area contributed by atoms with Crippen LogP contribution in [0.2, 0.25) is 0 Å². The minimum Gasteiger partial charge on any atom is -0.508 e. The summed E-state index contributed by atoms with van der Waals surface area (Å²) in [4.78, 5) is 0. The summed E-state index contributed by atoms with van der Waals surface area (Å²) in [6, 6.07) is 13.1. The number of phenolic OH excluding ortho intramolecular Hbond substituents is 1. The molecule has 0 aliphatic carbocycles. The van der Waals surface area contributed by atoms with E-state index in [0.717, 1.165) is 5.56 Å². The fraction of sp³-hybridized carbons (Fsp3) is 0.200. The number of para-hydroxylation sites is 1. The van der Waals surface area contributed by atoms with Crippen molar-refractivity contribution in [1.82, 2.24) is 0 Å². The molecule has 2 aromatic rings. The number of rotatable bonds is 5. The number of alkyl halides is 2. The second kappa shape index (κ2) is 6.23. The Hall–Kier alpha value is -2.30. The number of phenols is 1. The van der Waals surface area contributed by atoms with Crippen molar-refractivity contribution < 1.29 is 18.6 Å². The Kier molecular flexibility index (Phi) is 4.40. The molecule has 0 spiro atoms. The molecule has 0 saturated carbocycles. The molecule has 0 amide bonds. The van der Waals surface area contributed by atoms with E-state index in [1.807, 2.05) is 13.0 Å². The van der Waals surface area contributed by atoms with Gasteiger partial charge in [-0.15, -0.1) is 0 Å². The van der Waals surface area contributed by atoms with Gasteiger partial charge in [0.05, 0.1) is 6.04 Å². The van der Waals surface area contributed by atoms with Crippen LogP contribution in [0, 0.1) is 0 Å². The summed E-state index contributed by atoms with van der Waals surface area (Å²) < 4.78 is 28.7. The molecule has 0 aliphatic heterocycles. The van der Waals surface area contributed by atoms with Crippen molar-refractivity contribution in [2.75, 3.05) is 5.32 Å². The lowest BCUT2D eigenvalue weighted by atomic mass is 10.1. The van der Waals surface area contributed by atoms with E-state index in [0.29, 0.717) is 5.69 Å². The predicted octanol–water partition coefficient (Wildman–Crippen LogP) is 4.17. The first-order chi connectivity index (χ1) is 9.56. The van der Waals surface area contributed by atoms with Crippen LogP contribution in [0.4, 0.5) is 14.5 Å². The number of nitrogens with one attached hydrogen (secondary N) is 1. The largest absolute Gasteiger partial charge is 0.508 e. The van der Waals surface area contributed by atoms with Gasteiger partial charge in [0.2, 0.25) is 0 Å². The van der Waals surface area contributed by atoms with Crippen molar-refractivity contribution in [3.63, 3.8) is 0 Å². The topological polar surface area (TPSA) is 41.5 Å². The van der Waals surface area contributed by atoms with Crippen LogP contribution < -0.4 is 10.1 Å². The van der Waals surface area contributed by atoms with Crippen molar-refractivity contribution in [3.05, 3.63) is 54.1 Å². The molecule has 1 atom stereocenters. The van der Waals surface area contributed by atoms with Crippen molar-refractivity contribution in [2.45, 2.75) is 19.6 Å². The molecule has 0 saturated heterocycles. The van der Waals surface area contributed by atoms with Gasteiger partial charge in [-0.3, -0.25) is 0 Å². The zero-order valence-corrected chi connectivity index (χ0v) is 10.9. The summed E-state index contributed by atoms with van der Waals surface area (Å²) in [5.41, 5.74) is 1.37. The van der Waals surface area contributed by atoms with E-state index in [1.165, 1.54) is 12.1 Å². The number of hydrogen-bond donors (Lipinski definition) is 2. The van der Waals surface area contributed by atoms with Crippen molar-refractivity contribution in [1.29, 1.82) is 0 Å². The van der Waals surface area contributed by atoms with Gasteiger partial charge >= 0.3 is 6.61 Å². The Labute approximate surface area is 115 Å². The monoisotopic (exact) mass is 279 g/mol. The van der Waals surface area contributed by atoms with Gasteiger partial charge in [0.25, 0.3) is 0 Å². The van der Waals surface area contributed by atoms with E-state index < -0.39 is 6.61 Å². The minimum atomic E-state index is -2.85. The van der Waals surface area contributed by atoms with Crippen molar-refractivity contribution >= 4 is 5.69 Å². The normalized spacial score (nSPS) is 12.2. The minimum absolute atomic E-state index is 0.0921. The van der Waals surface area contributed by atoms with Crippen LogP contribution >= 0.6 is 0 Å². The molecule has 2 rings (SSSR count). The Balaban J connectivity index is 2.12. The lowest BCUT2D eigenvalue weighted by Crippen LogP contribution is -2.07. The first kappa shape index (κ1) is 14.1. The Bertz CT molecular complexity index is 575. The van der Waals surface area contributed by atoms with Gasteiger partial charge in [0, 0.05) is 17.3 Å². The molecule has 2 N–H and O–H groups in total. The average molecular weight is 279 g/mol. The maximum absolute atomic E-state index is 12.2. The maximum atomic E-state index is 12.2. The third-order valence-electron chi connectivity index (χ3n) is 2.85. The molecule has 106 valence electrons. The van der Waals surface area contributed by atoms with Crippen LogP contribution in [0.25, 0.3) is 0 Å². The van der Waals surface area contributed by atoms with Crippen LogP contribution in [0.3, 0.4) is 0 Å².